The molecule has 6 rings (SSSR count). The summed E-state index contributed by atoms with van der Waals surface area (Å²) >= 11 is 0. The van der Waals surface area contributed by atoms with Crippen LogP contribution in [-0.4, -0.2) is 24.3 Å². The van der Waals surface area contributed by atoms with E-state index in [4.69, 9.17) is 0 Å². The van der Waals surface area contributed by atoms with Crippen LogP contribution in [0.3, 0.4) is 0 Å². The molecule has 0 aliphatic heterocycles. The van der Waals surface area contributed by atoms with Crippen LogP contribution in [0.1, 0.15) is 19.3 Å². The van der Waals surface area contributed by atoms with Crippen molar-refractivity contribution in [2.75, 3.05) is 18.3 Å². The first kappa shape index (κ1) is 27.9. The maximum atomic E-state index is 2.73. The zero-order valence-corrected chi connectivity index (χ0v) is 25.5. The van der Waals surface area contributed by atoms with Gasteiger partial charge >= 0.3 is 0 Å². The van der Waals surface area contributed by atoms with Crippen molar-refractivity contribution in [3.8, 4) is 0 Å². The molecule has 0 aromatic heterocycles. The van der Waals surface area contributed by atoms with Gasteiger partial charge < -0.3 is 4.67 Å². The van der Waals surface area contributed by atoms with E-state index in [2.05, 4.69) is 168 Å². The van der Waals surface area contributed by atoms with E-state index in [-0.39, 0.29) is 0 Å². The third-order valence-corrected chi connectivity index (χ3v) is 13.1. The van der Waals surface area contributed by atoms with Gasteiger partial charge in [0.05, 0.1) is 8.07 Å². The topological polar surface area (TPSA) is 6.48 Å². The van der Waals surface area contributed by atoms with Gasteiger partial charge in [0.2, 0.25) is 0 Å². The molecule has 0 heterocycles. The molecule has 0 spiro atoms. The third-order valence-electron chi connectivity index (χ3n) is 8.09. The lowest BCUT2D eigenvalue weighted by Gasteiger charge is -2.37. The molecular weight excluding hydrogens is 534 g/mol. The fraction of sp³-hybridized carbons (Fsp3) is 0.189. The molecule has 2 atom stereocenters. The van der Waals surface area contributed by atoms with Crippen LogP contribution in [0.15, 0.2) is 152 Å². The van der Waals surface area contributed by atoms with E-state index in [0.29, 0.717) is 12.0 Å². The Balaban J connectivity index is 1.28. The molecule has 0 radical (unpaired) electrons. The van der Waals surface area contributed by atoms with Crippen molar-refractivity contribution in [1.82, 2.24) is 4.67 Å². The Kier molecular flexibility index (Phi) is 9.24. The molecule has 1 aliphatic rings. The Labute approximate surface area is 248 Å². The van der Waals surface area contributed by atoms with Crippen molar-refractivity contribution >= 4 is 43.1 Å². The van der Waals surface area contributed by atoms with Gasteiger partial charge in [0.15, 0.2) is 0 Å². The molecule has 2 unspecified atom stereocenters. The van der Waals surface area contributed by atoms with Gasteiger partial charge in [-0.15, -0.1) is 0 Å². The molecule has 41 heavy (non-hydrogen) atoms. The highest BCUT2D eigenvalue weighted by Gasteiger charge is 2.35. The number of benzene rings is 5. The Morgan fingerprint density at radius 2 is 0.902 bits per heavy atom. The molecule has 5 aromatic carbocycles. The van der Waals surface area contributed by atoms with Crippen molar-refractivity contribution in [3.63, 3.8) is 0 Å². The second kappa shape index (κ2) is 13.6. The lowest BCUT2D eigenvalue weighted by Crippen LogP contribution is -2.34. The van der Waals surface area contributed by atoms with E-state index in [0.717, 1.165) is 6.54 Å². The average molecular weight is 573 g/mol. The van der Waals surface area contributed by atoms with Crippen LogP contribution in [0, 0.1) is 5.92 Å². The fourth-order valence-electron chi connectivity index (χ4n) is 6.08. The molecule has 4 heteroatoms. The Bertz CT molecular complexity index is 1390. The number of anilines is 1. The molecule has 1 aliphatic carbocycles. The Morgan fingerprint density at radius 1 is 0.512 bits per heavy atom. The number of rotatable bonds is 10. The standard InChI is InChI=1S/C37H38N2P2/c1-38(40(34-19-9-3-10-20-34)35-21-11-4-12-22-35)33-28-27-31(29-33)30-39(32-17-7-2-8-18-32)41(36-23-13-5-14-24-36)37-25-15-6-16-26-37/h2-26,31,33H,27-30H2,1H3. The largest absolute Gasteiger partial charge is 0.343 e. The van der Waals surface area contributed by atoms with Crippen LogP contribution >= 0.6 is 16.1 Å². The summed E-state index contributed by atoms with van der Waals surface area (Å²) in [5, 5.41) is 5.67. The van der Waals surface area contributed by atoms with Crippen LogP contribution < -0.4 is 25.9 Å². The van der Waals surface area contributed by atoms with Crippen LogP contribution in [-0.2, 0) is 0 Å². The number of hydrogen-bond donors (Lipinski definition) is 0. The quantitative estimate of drug-likeness (QED) is 0.158. The van der Waals surface area contributed by atoms with Gasteiger partial charge in [-0.05, 0) is 55.0 Å². The summed E-state index contributed by atoms with van der Waals surface area (Å²) in [6.45, 7) is 1.07. The molecule has 0 saturated heterocycles. The summed E-state index contributed by atoms with van der Waals surface area (Å²) in [7, 11) is 1.11. The Morgan fingerprint density at radius 3 is 1.34 bits per heavy atom. The lowest BCUT2D eigenvalue weighted by atomic mass is 10.1. The number of nitrogens with zero attached hydrogens (tertiary/aromatic N) is 2. The molecule has 5 aromatic rings. The molecule has 0 bridgehead atoms. The van der Waals surface area contributed by atoms with Crippen LogP contribution in [0.2, 0.25) is 0 Å². The predicted molar refractivity (Wildman–Crippen MR) is 181 cm³/mol. The van der Waals surface area contributed by atoms with Crippen LogP contribution in [0.25, 0.3) is 0 Å². The molecule has 2 nitrogen and oxygen atoms in total. The number of hydrogen-bond acceptors (Lipinski definition) is 2. The highest BCUT2D eigenvalue weighted by Crippen LogP contribution is 2.47. The first-order valence-electron chi connectivity index (χ1n) is 14.6. The second-order valence-corrected chi connectivity index (χ2v) is 15.2. The smallest absolute Gasteiger partial charge is 0.0550 e. The van der Waals surface area contributed by atoms with Gasteiger partial charge in [-0.1, -0.05) is 140 Å². The highest BCUT2D eigenvalue weighted by atomic mass is 31.1. The number of para-hydroxylation sites is 1. The third kappa shape index (κ3) is 6.63. The molecular formula is C37H38N2P2. The minimum atomic E-state index is -0.697. The minimum absolute atomic E-state index is 0.567. The summed E-state index contributed by atoms with van der Waals surface area (Å²) in [4.78, 5) is 0. The summed E-state index contributed by atoms with van der Waals surface area (Å²) in [6.07, 6.45) is 3.74. The van der Waals surface area contributed by atoms with Gasteiger partial charge in [0.1, 0.15) is 0 Å². The molecule has 0 amide bonds. The SMILES string of the molecule is CN(C1CCC(CN(c2ccccc2)P(c2ccccc2)c2ccccc2)C1)P(c1ccccc1)c1ccccc1. The second-order valence-electron chi connectivity index (χ2n) is 10.8. The van der Waals surface area contributed by atoms with Crippen LogP contribution in [0.4, 0.5) is 5.69 Å². The van der Waals surface area contributed by atoms with E-state index in [1.54, 1.807) is 0 Å². The van der Waals surface area contributed by atoms with Crippen molar-refractivity contribution < 1.29 is 0 Å². The van der Waals surface area contributed by atoms with Gasteiger partial charge in [0, 0.05) is 37.0 Å². The Hall–Kier alpha value is -3.28. The summed E-state index contributed by atoms with van der Waals surface area (Å²) < 4.78 is 5.44. The van der Waals surface area contributed by atoms with E-state index < -0.39 is 16.1 Å². The van der Waals surface area contributed by atoms with Crippen molar-refractivity contribution in [2.24, 2.45) is 5.92 Å². The maximum Gasteiger partial charge on any atom is 0.0550 e. The first-order valence-corrected chi connectivity index (χ1v) is 17.2. The summed E-state index contributed by atoms with van der Waals surface area (Å²) in [5.41, 5.74) is 1.32. The van der Waals surface area contributed by atoms with Gasteiger partial charge in [0.25, 0.3) is 0 Å². The van der Waals surface area contributed by atoms with Gasteiger partial charge in [-0.25, -0.2) is 0 Å². The minimum Gasteiger partial charge on any atom is -0.343 e. The lowest BCUT2D eigenvalue weighted by molar-refractivity contribution is 0.393. The highest BCUT2D eigenvalue weighted by molar-refractivity contribution is 7.74. The average Bonchev–Trinajstić information content (AvgIpc) is 3.52. The van der Waals surface area contributed by atoms with E-state index >= 15 is 0 Å². The van der Waals surface area contributed by atoms with E-state index in [1.165, 1.54) is 46.2 Å². The fourth-order valence-corrected chi connectivity index (χ4v) is 11.1. The van der Waals surface area contributed by atoms with Gasteiger partial charge in [-0.3, -0.25) is 4.67 Å². The molecule has 1 fully saturated rings. The van der Waals surface area contributed by atoms with Crippen molar-refractivity contribution in [1.29, 1.82) is 0 Å². The molecule has 206 valence electrons. The molecule has 1 saturated carbocycles. The monoisotopic (exact) mass is 572 g/mol. The first-order chi connectivity index (χ1) is 20.3. The molecule has 0 N–H and O–H groups in total. The van der Waals surface area contributed by atoms with Crippen molar-refractivity contribution in [2.45, 2.75) is 25.3 Å². The normalized spacial score (nSPS) is 16.9. The zero-order valence-electron chi connectivity index (χ0n) is 23.7. The summed E-state index contributed by atoms with van der Waals surface area (Å²) in [5.74, 6) is 0.642. The van der Waals surface area contributed by atoms with Crippen LogP contribution in [0.5, 0.6) is 0 Å². The summed E-state index contributed by atoms with van der Waals surface area (Å²) in [6, 6.07) is 56.2. The van der Waals surface area contributed by atoms with E-state index in [1.807, 2.05) is 0 Å². The van der Waals surface area contributed by atoms with Gasteiger partial charge in [-0.2, -0.15) is 0 Å². The maximum absolute atomic E-state index is 2.73. The zero-order chi connectivity index (χ0) is 27.9. The predicted octanol–water partition coefficient (Wildman–Crippen LogP) is 7.69. The van der Waals surface area contributed by atoms with Crippen molar-refractivity contribution in [3.05, 3.63) is 152 Å². The van der Waals surface area contributed by atoms with E-state index in [9.17, 15) is 0 Å².